The summed E-state index contributed by atoms with van der Waals surface area (Å²) in [6.45, 7) is 1.62. The van der Waals surface area contributed by atoms with Gasteiger partial charge in [0.25, 0.3) is 0 Å². The highest BCUT2D eigenvalue weighted by Gasteiger charge is 2.47. The zero-order chi connectivity index (χ0) is 9.30. The van der Waals surface area contributed by atoms with Crippen molar-refractivity contribution in [1.29, 1.82) is 0 Å². The Morgan fingerprint density at radius 2 is 2.25 bits per heavy atom. The molecule has 0 aromatic carbocycles. The van der Waals surface area contributed by atoms with Gasteiger partial charge in [-0.1, -0.05) is 6.92 Å². The van der Waals surface area contributed by atoms with E-state index in [0.29, 0.717) is 6.42 Å². The number of aliphatic hydroxyl groups is 2. The summed E-state index contributed by atoms with van der Waals surface area (Å²) in [5, 5.41) is 28.5. The third kappa shape index (κ3) is 1.42. The van der Waals surface area contributed by atoms with Gasteiger partial charge in [0.1, 0.15) is 6.10 Å². The van der Waals surface area contributed by atoms with Crippen molar-refractivity contribution in [2.45, 2.75) is 25.5 Å². The normalized spacial score (nSPS) is 41.6. The largest absolute Gasteiger partial charge is 0.396 e. The monoisotopic (exact) mass is 175 g/mol. The molecule has 1 saturated carbocycles. The minimum atomic E-state index is -0.901. The van der Waals surface area contributed by atoms with Gasteiger partial charge in [0.05, 0.1) is 0 Å². The van der Waals surface area contributed by atoms with Crippen LogP contribution in [0, 0.1) is 22.0 Å². The van der Waals surface area contributed by atoms with Gasteiger partial charge in [0.15, 0.2) is 0 Å². The summed E-state index contributed by atoms with van der Waals surface area (Å²) in [5.74, 6) is -0.365. The van der Waals surface area contributed by atoms with Gasteiger partial charge in [-0.25, -0.2) is 0 Å². The van der Waals surface area contributed by atoms with Gasteiger partial charge in [-0.3, -0.25) is 10.1 Å². The molecule has 1 aliphatic rings. The van der Waals surface area contributed by atoms with Gasteiger partial charge in [-0.05, 0) is 12.3 Å². The summed E-state index contributed by atoms with van der Waals surface area (Å²) < 4.78 is 0. The summed E-state index contributed by atoms with van der Waals surface area (Å²) in [4.78, 5) is 9.99. The molecule has 0 bridgehead atoms. The first-order valence-electron chi connectivity index (χ1n) is 4.00. The van der Waals surface area contributed by atoms with Crippen molar-refractivity contribution < 1.29 is 15.1 Å². The minimum absolute atomic E-state index is 0.0808. The first-order valence-corrected chi connectivity index (χ1v) is 4.00. The van der Waals surface area contributed by atoms with E-state index in [1.54, 1.807) is 6.92 Å². The van der Waals surface area contributed by atoms with Crippen molar-refractivity contribution in [3.63, 3.8) is 0 Å². The lowest BCUT2D eigenvalue weighted by atomic mass is 9.97. The zero-order valence-electron chi connectivity index (χ0n) is 6.88. The molecule has 5 heteroatoms. The second-order valence-corrected chi connectivity index (χ2v) is 3.38. The summed E-state index contributed by atoms with van der Waals surface area (Å²) in [6.07, 6.45) is -0.560. The van der Waals surface area contributed by atoms with Crippen LogP contribution in [-0.4, -0.2) is 33.9 Å². The van der Waals surface area contributed by atoms with Crippen LogP contribution in [0.15, 0.2) is 0 Å². The average Bonchev–Trinajstić information content (AvgIpc) is 2.25. The van der Waals surface area contributed by atoms with Crippen molar-refractivity contribution in [2.24, 2.45) is 11.8 Å². The maximum atomic E-state index is 10.4. The highest BCUT2D eigenvalue weighted by Crippen LogP contribution is 2.33. The molecule has 1 rings (SSSR count). The predicted octanol–water partition coefficient (Wildman–Crippen LogP) is -0.359. The molecular weight excluding hydrogens is 162 g/mol. The molecule has 2 N–H and O–H groups in total. The maximum absolute atomic E-state index is 10.4. The molecule has 12 heavy (non-hydrogen) atoms. The molecule has 70 valence electrons. The van der Waals surface area contributed by atoms with E-state index in [4.69, 9.17) is 5.11 Å². The summed E-state index contributed by atoms with van der Waals surface area (Å²) >= 11 is 0. The average molecular weight is 175 g/mol. The topological polar surface area (TPSA) is 83.6 Å². The van der Waals surface area contributed by atoms with Crippen LogP contribution in [0.3, 0.4) is 0 Å². The summed E-state index contributed by atoms with van der Waals surface area (Å²) in [5.41, 5.74) is 0. The SMILES string of the molecule is C[C@H]1C([N+](=O)[O-])C(O)C[C@H]1CO. The first-order chi connectivity index (χ1) is 5.57. The van der Waals surface area contributed by atoms with Crippen molar-refractivity contribution in [3.05, 3.63) is 10.1 Å². The second-order valence-electron chi connectivity index (χ2n) is 3.38. The van der Waals surface area contributed by atoms with Crippen molar-refractivity contribution in [2.75, 3.05) is 6.61 Å². The number of rotatable bonds is 2. The fraction of sp³-hybridized carbons (Fsp3) is 1.00. The van der Waals surface area contributed by atoms with E-state index in [0.717, 1.165) is 0 Å². The lowest BCUT2D eigenvalue weighted by molar-refractivity contribution is -0.538. The van der Waals surface area contributed by atoms with Gasteiger partial charge in [-0.2, -0.15) is 0 Å². The van der Waals surface area contributed by atoms with Crippen molar-refractivity contribution in [3.8, 4) is 0 Å². The molecule has 5 nitrogen and oxygen atoms in total. The predicted molar refractivity (Wildman–Crippen MR) is 41.1 cm³/mol. The molecule has 4 atom stereocenters. The Hall–Kier alpha value is -0.680. The van der Waals surface area contributed by atoms with Crippen LogP contribution in [0.1, 0.15) is 13.3 Å². The van der Waals surface area contributed by atoms with Gasteiger partial charge >= 0.3 is 0 Å². The summed E-state index contributed by atoms with van der Waals surface area (Å²) in [7, 11) is 0. The van der Waals surface area contributed by atoms with Gasteiger partial charge < -0.3 is 10.2 Å². The number of hydrogen-bond acceptors (Lipinski definition) is 4. The Balaban J connectivity index is 2.70. The molecule has 1 aliphatic carbocycles. The third-order valence-electron chi connectivity index (χ3n) is 2.70. The highest BCUT2D eigenvalue weighted by atomic mass is 16.6. The van der Waals surface area contributed by atoms with Crippen molar-refractivity contribution >= 4 is 0 Å². The molecule has 2 unspecified atom stereocenters. The Morgan fingerprint density at radius 3 is 2.50 bits per heavy atom. The second kappa shape index (κ2) is 3.37. The first kappa shape index (κ1) is 9.41. The molecule has 0 aliphatic heterocycles. The molecule has 0 radical (unpaired) electrons. The lowest BCUT2D eigenvalue weighted by Crippen LogP contribution is -2.33. The van der Waals surface area contributed by atoms with Crippen molar-refractivity contribution in [1.82, 2.24) is 0 Å². The minimum Gasteiger partial charge on any atom is -0.396 e. The van der Waals surface area contributed by atoms with E-state index >= 15 is 0 Å². The molecule has 0 aromatic heterocycles. The Morgan fingerprint density at radius 1 is 1.67 bits per heavy atom. The fourth-order valence-corrected chi connectivity index (χ4v) is 1.87. The van der Waals surface area contributed by atoms with E-state index < -0.39 is 17.1 Å². The zero-order valence-corrected chi connectivity index (χ0v) is 6.88. The van der Waals surface area contributed by atoms with Gasteiger partial charge in [0, 0.05) is 17.4 Å². The van der Waals surface area contributed by atoms with Crippen LogP contribution in [0.25, 0.3) is 0 Å². The van der Waals surface area contributed by atoms with Crippen LogP contribution < -0.4 is 0 Å². The quantitative estimate of drug-likeness (QED) is 0.443. The van der Waals surface area contributed by atoms with E-state index in [-0.39, 0.29) is 18.4 Å². The van der Waals surface area contributed by atoms with Crippen LogP contribution in [-0.2, 0) is 0 Å². The number of aliphatic hydroxyl groups excluding tert-OH is 2. The van der Waals surface area contributed by atoms with E-state index in [2.05, 4.69) is 0 Å². The molecule has 0 amide bonds. The smallest absolute Gasteiger partial charge is 0.241 e. The van der Waals surface area contributed by atoms with Crippen LogP contribution in [0.5, 0.6) is 0 Å². The Bertz CT molecular complexity index is 184. The Kier molecular flexibility index (Phi) is 2.64. The number of nitro groups is 1. The molecule has 0 saturated heterocycles. The van der Waals surface area contributed by atoms with E-state index in [1.807, 2.05) is 0 Å². The van der Waals surface area contributed by atoms with Gasteiger partial charge in [0.2, 0.25) is 6.04 Å². The molecule has 1 fully saturated rings. The van der Waals surface area contributed by atoms with Gasteiger partial charge in [-0.15, -0.1) is 0 Å². The molecule has 0 spiro atoms. The van der Waals surface area contributed by atoms with Crippen LogP contribution >= 0.6 is 0 Å². The molecule has 0 heterocycles. The van der Waals surface area contributed by atoms with Crippen LogP contribution in [0.4, 0.5) is 0 Å². The Labute approximate surface area is 70.2 Å². The molecule has 0 aromatic rings. The number of hydrogen-bond donors (Lipinski definition) is 2. The fourth-order valence-electron chi connectivity index (χ4n) is 1.87. The highest BCUT2D eigenvalue weighted by molar-refractivity contribution is 4.88. The third-order valence-corrected chi connectivity index (χ3v) is 2.70. The van der Waals surface area contributed by atoms with E-state index in [9.17, 15) is 15.2 Å². The molecular formula is C7H13NO4. The van der Waals surface area contributed by atoms with E-state index in [1.165, 1.54) is 0 Å². The maximum Gasteiger partial charge on any atom is 0.241 e. The van der Waals surface area contributed by atoms with Crippen LogP contribution in [0.2, 0.25) is 0 Å². The lowest BCUT2D eigenvalue weighted by Gasteiger charge is -2.12. The standard InChI is InChI=1S/C7H13NO4/c1-4-5(3-9)2-6(10)7(4)8(11)12/h4-7,9-10H,2-3H2,1H3/t4-,5+,6?,7?/m1/s1. The number of nitrogens with zero attached hydrogens (tertiary/aromatic N) is 1. The summed E-state index contributed by atoms with van der Waals surface area (Å²) in [6, 6.07) is -0.901.